The highest BCUT2D eigenvalue weighted by atomic mass is 19.1. The third kappa shape index (κ3) is 4.10. The van der Waals surface area contributed by atoms with Crippen molar-refractivity contribution in [2.75, 3.05) is 6.61 Å². The quantitative estimate of drug-likeness (QED) is 0.915. The highest BCUT2D eigenvalue weighted by molar-refractivity contribution is 5.78. The molecular weight excluding hydrogens is 321 g/mol. The number of rotatable bonds is 4. The second-order valence-electron chi connectivity index (χ2n) is 6.95. The molecule has 3 rings (SSSR count). The Morgan fingerprint density at radius 2 is 2.08 bits per heavy atom. The Labute approximate surface area is 147 Å². The summed E-state index contributed by atoms with van der Waals surface area (Å²) in [6.07, 6.45) is 0.648. The predicted molar refractivity (Wildman–Crippen MR) is 93.3 cm³/mol. The molecule has 0 spiro atoms. The Morgan fingerprint density at radius 3 is 2.84 bits per heavy atom. The van der Waals surface area contributed by atoms with E-state index < -0.39 is 5.82 Å². The monoisotopic (exact) mass is 343 g/mol. The zero-order valence-corrected chi connectivity index (χ0v) is 14.6. The number of para-hydroxylation sites is 1. The summed E-state index contributed by atoms with van der Waals surface area (Å²) in [4.78, 5) is 12.3. The second-order valence-corrected chi connectivity index (χ2v) is 6.95. The molecule has 0 fully saturated rings. The van der Waals surface area contributed by atoms with Gasteiger partial charge in [0.25, 0.3) is 5.91 Å². The minimum atomic E-state index is -0.483. The van der Waals surface area contributed by atoms with Crippen LogP contribution in [0.25, 0.3) is 0 Å². The fraction of sp³-hybridized carbons (Fsp3) is 0.350. The summed E-state index contributed by atoms with van der Waals surface area (Å²) in [5.41, 5.74) is 1.68. The molecule has 25 heavy (non-hydrogen) atoms. The maximum absolute atomic E-state index is 13.6. The summed E-state index contributed by atoms with van der Waals surface area (Å²) in [6.45, 7) is 5.75. The van der Waals surface area contributed by atoms with Gasteiger partial charge in [0.05, 0.1) is 6.04 Å². The Balaban J connectivity index is 1.70. The van der Waals surface area contributed by atoms with Gasteiger partial charge < -0.3 is 14.8 Å². The number of benzene rings is 2. The van der Waals surface area contributed by atoms with Gasteiger partial charge in [-0.25, -0.2) is 4.39 Å². The van der Waals surface area contributed by atoms with E-state index in [4.69, 9.17) is 9.47 Å². The normalized spacial score (nSPS) is 18.0. The number of carbonyl (C=O) groups is 1. The SMILES string of the molecule is Cc1ccc2c(c1)[C@@H](NC(=O)COc1ccccc1F)CC(C)(C)O2. The molecule has 0 bridgehead atoms. The van der Waals surface area contributed by atoms with E-state index in [-0.39, 0.29) is 29.9 Å². The molecule has 1 heterocycles. The van der Waals surface area contributed by atoms with E-state index >= 15 is 0 Å². The average molecular weight is 343 g/mol. The van der Waals surface area contributed by atoms with Crippen molar-refractivity contribution in [1.29, 1.82) is 0 Å². The number of hydrogen-bond donors (Lipinski definition) is 1. The van der Waals surface area contributed by atoms with E-state index in [2.05, 4.69) is 5.32 Å². The number of nitrogens with one attached hydrogen (secondary N) is 1. The van der Waals surface area contributed by atoms with Crippen molar-refractivity contribution in [3.05, 3.63) is 59.4 Å². The summed E-state index contributed by atoms with van der Waals surface area (Å²) in [7, 11) is 0. The van der Waals surface area contributed by atoms with E-state index in [9.17, 15) is 9.18 Å². The van der Waals surface area contributed by atoms with E-state index in [1.165, 1.54) is 12.1 Å². The van der Waals surface area contributed by atoms with E-state index in [1.54, 1.807) is 12.1 Å². The van der Waals surface area contributed by atoms with E-state index in [0.717, 1.165) is 16.9 Å². The molecule has 5 heteroatoms. The molecule has 0 unspecified atom stereocenters. The van der Waals surface area contributed by atoms with Crippen LogP contribution in [0.1, 0.15) is 37.4 Å². The van der Waals surface area contributed by atoms with E-state index in [1.807, 2.05) is 39.0 Å². The summed E-state index contributed by atoms with van der Waals surface area (Å²) in [5.74, 6) is 0.0743. The predicted octanol–water partition coefficient (Wildman–Crippen LogP) is 3.93. The molecule has 1 aliphatic heterocycles. The smallest absolute Gasteiger partial charge is 0.258 e. The van der Waals surface area contributed by atoms with Gasteiger partial charge in [0.2, 0.25) is 0 Å². The van der Waals surface area contributed by atoms with Crippen LogP contribution in [0.15, 0.2) is 42.5 Å². The standard InChI is InChI=1S/C20H22FNO3/c1-13-8-9-17-14(10-13)16(11-20(2,3)25-17)22-19(23)12-24-18-7-5-4-6-15(18)21/h4-10,16H,11-12H2,1-3H3,(H,22,23)/t16-/m0/s1. The molecule has 0 aliphatic carbocycles. The number of amides is 1. The Hall–Kier alpha value is -2.56. The lowest BCUT2D eigenvalue weighted by atomic mass is 9.89. The molecule has 1 amide bonds. The van der Waals surface area contributed by atoms with Gasteiger partial charge in [-0.3, -0.25) is 4.79 Å². The van der Waals surface area contributed by atoms with Crippen molar-refractivity contribution in [1.82, 2.24) is 5.32 Å². The van der Waals surface area contributed by atoms with Crippen LogP contribution in [0.4, 0.5) is 4.39 Å². The number of ether oxygens (including phenoxy) is 2. The average Bonchev–Trinajstić information content (AvgIpc) is 2.54. The van der Waals surface area contributed by atoms with Crippen LogP contribution in [-0.4, -0.2) is 18.1 Å². The third-order valence-electron chi connectivity index (χ3n) is 4.15. The number of halogens is 1. The van der Waals surface area contributed by atoms with Gasteiger partial charge in [0, 0.05) is 12.0 Å². The Kier molecular flexibility index (Phi) is 4.66. The Morgan fingerprint density at radius 1 is 1.32 bits per heavy atom. The number of aryl methyl sites for hydroxylation is 1. The fourth-order valence-electron chi connectivity index (χ4n) is 3.04. The van der Waals surface area contributed by atoms with Gasteiger partial charge >= 0.3 is 0 Å². The highest BCUT2D eigenvalue weighted by Crippen LogP contribution is 2.39. The molecule has 2 aromatic carbocycles. The van der Waals surface area contributed by atoms with Gasteiger partial charge in [-0.2, -0.15) is 0 Å². The lowest BCUT2D eigenvalue weighted by molar-refractivity contribution is -0.124. The third-order valence-corrected chi connectivity index (χ3v) is 4.15. The van der Waals surface area contributed by atoms with Crippen LogP contribution < -0.4 is 14.8 Å². The van der Waals surface area contributed by atoms with Gasteiger partial charge in [-0.05, 0) is 39.0 Å². The first-order chi connectivity index (χ1) is 11.8. The van der Waals surface area contributed by atoms with Gasteiger partial charge in [0.1, 0.15) is 11.4 Å². The van der Waals surface area contributed by atoms with Crippen LogP contribution in [0.3, 0.4) is 0 Å². The molecule has 132 valence electrons. The molecule has 0 aromatic heterocycles. The molecule has 0 saturated heterocycles. The number of fused-ring (bicyclic) bond motifs is 1. The largest absolute Gasteiger partial charge is 0.487 e. The molecule has 1 aliphatic rings. The summed E-state index contributed by atoms with van der Waals surface area (Å²) in [6, 6.07) is 11.8. The minimum Gasteiger partial charge on any atom is -0.487 e. The van der Waals surface area contributed by atoms with Crippen molar-refractivity contribution in [2.24, 2.45) is 0 Å². The molecule has 0 radical (unpaired) electrons. The first-order valence-electron chi connectivity index (χ1n) is 8.30. The molecule has 1 atom stereocenters. The van der Waals surface area contributed by atoms with Gasteiger partial charge in [-0.1, -0.05) is 29.8 Å². The molecular formula is C20H22FNO3. The van der Waals surface area contributed by atoms with Gasteiger partial charge in [0.15, 0.2) is 18.2 Å². The number of hydrogen-bond acceptors (Lipinski definition) is 3. The molecule has 1 N–H and O–H groups in total. The zero-order chi connectivity index (χ0) is 18.0. The van der Waals surface area contributed by atoms with Crippen molar-refractivity contribution >= 4 is 5.91 Å². The molecule has 4 nitrogen and oxygen atoms in total. The van der Waals surface area contributed by atoms with Crippen molar-refractivity contribution in [3.8, 4) is 11.5 Å². The summed E-state index contributed by atoms with van der Waals surface area (Å²) < 4.78 is 24.9. The van der Waals surface area contributed by atoms with Crippen molar-refractivity contribution < 1.29 is 18.7 Å². The maximum Gasteiger partial charge on any atom is 0.258 e. The number of carbonyl (C=O) groups excluding carboxylic acids is 1. The van der Waals surface area contributed by atoms with Gasteiger partial charge in [-0.15, -0.1) is 0 Å². The van der Waals surface area contributed by atoms with Crippen LogP contribution in [0.5, 0.6) is 11.5 Å². The lowest BCUT2D eigenvalue weighted by Crippen LogP contribution is -2.42. The van der Waals surface area contributed by atoms with Crippen LogP contribution >= 0.6 is 0 Å². The summed E-state index contributed by atoms with van der Waals surface area (Å²) >= 11 is 0. The highest BCUT2D eigenvalue weighted by Gasteiger charge is 2.34. The maximum atomic E-state index is 13.6. The van der Waals surface area contributed by atoms with Crippen LogP contribution in [-0.2, 0) is 4.79 Å². The first-order valence-corrected chi connectivity index (χ1v) is 8.30. The van der Waals surface area contributed by atoms with Crippen molar-refractivity contribution in [2.45, 2.75) is 38.8 Å². The molecule has 0 saturated carbocycles. The zero-order valence-electron chi connectivity index (χ0n) is 14.6. The fourth-order valence-corrected chi connectivity index (χ4v) is 3.04. The minimum absolute atomic E-state index is 0.0706. The lowest BCUT2D eigenvalue weighted by Gasteiger charge is -2.38. The van der Waals surface area contributed by atoms with Crippen LogP contribution in [0.2, 0.25) is 0 Å². The first kappa shape index (κ1) is 17.3. The molecule has 2 aromatic rings. The van der Waals surface area contributed by atoms with Crippen LogP contribution in [0, 0.1) is 12.7 Å². The second kappa shape index (κ2) is 6.75. The Bertz CT molecular complexity index is 788. The topological polar surface area (TPSA) is 47.6 Å². The van der Waals surface area contributed by atoms with Crippen molar-refractivity contribution in [3.63, 3.8) is 0 Å². The summed E-state index contributed by atoms with van der Waals surface area (Å²) in [5, 5.41) is 2.98. The van der Waals surface area contributed by atoms with E-state index in [0.29, 0.717) is 6.42 Å².